The maximum Gasteiger partial charge on any atom is 0.350 e. The number of hydrogen-bond acceptors (Lipinski definition) is 4. The third kappa shape index (κ3) is 3.93. The molecule has 0 unspecified atom stereocenters. The van der Waals surface area contributed by atoms with Crippen molar-refractivity contribution in [3.63, 3.8) is 0 Å². The Morgan fingerprint density at radius 1 is 1.25 bits per heavy atom. The highest BCUT2D eigenvalue weighted by Crippen LogP contribution is 2.03. The fourth-order valence-corrected chi connectivity index (χ4v) is 2.09. The summed E-state index contributed by atoms with van der Waals surface area (Å²) < 4.78 is 2.17. The minimum absolute atomic E-state index is 0.181. The monoisotopic (exact) mass is 303 g/mol. The van der Waals surface area contributed by atoms with Gasteiger partial charge < -0.3 is 0 Å². The van der Waals surface area contributed by atoms with Crippen molar-refractivity contribution in [3.8, 4) is 0 Å². The van der Waals surface area contributed by atoms with Crippen molar-refractivity contribution in [2.45, 2.75) is 45.7 Å². The van der Waals surface area contributed by atoms with Crippen LogP contribution in [0.4, 0.5) is 5.69 Å². The molecule has 0 aliphatic heterocycles. The Labute approximate surface area is 120 Å². The van der Waals surface area contributed by atoms with Crippen LogP contribution in [0, 0.1) is 10.1 Å². The summed E-state index contributed by atoms with van der Waals surface area (Å²) in [7, 11) is 0. The first-order chi connectivity index (χ1) is 9.52. The number of unbranched alkanes of at least 4 members (excludes halogenated alkanes) is 2. The van der Waals surface area contributed by atoms with Crippen LogP contribution in [0.2, 0.25) is 0 Å². The van der Waals surface area contributed by atoms with Crippen molar-refractivity contribution in [2.75, 3.05) is 5.88 Å². The molecule has 0 fully saturated rings. The van der Waals surface area contributed by atoms with Gasteiger partial charge in [-0.1, -0.05) is 13.3 Å². The molecular weight excluding hydrogens is 286 g/mol. The maximum atomic E-state index is 12.1. The topological polar surface area (TPSA) is 87.1 Å². The molecule has 7 nitrogen and oxygen atoms in total. The lowest BCUT2D eigenvalue weighted by atomic mass is 10.2. The average molecular weight is 304 g/mol. The lowest BCUT2D eigenvalue weighted by molar-refractivity contribution is -0.387. The zero-order valence-electron chi connectivity index (χ0n) is 11.4. The standard InChI is InChI=1S/C12H18ClN3O4/c1-2-7-14-9-10(16(19)20)11(17)15(12(14)18)8-5-3-4-6-13/h9H,2-8H2,1H3. The molecular formula is C12H18ClN3O4. The molecule has 0 radical (unpaired) electrons. The largest absolute Gasteiger partial charge is 0.350 e. The number of aryl methyl sites for hydroxylation is 1. The van der Waals surface area contributed by atoms with Crippen LogP contribution in [0.5, 0.6) is 0 Å². The highest BCUT2D eigenvalue weighted by atomic mass is 35.5. The first-order valence-corrected chi connectivity index (χ1v) is 7.11. The fourth-order valence-electron chi connectivity index (χ4n) is 1.90. The summed E-state index contributed by atoms with van der Waals surface area (Å²) in [5.41, 5.74) is -1.89. The minimum atomic E-state index is -0.835. The molecule has 0 aliphatic rings. The molecule has 0 spiro atoms. The number of alkyl halides is 1. The van der Waals surface area contributed by atoms with E-state index < -0.39 is 21.9 Å². The van der Waals surface area contributed by atoms with E-state index in [1.54, 1.807) is 0 Å². The Kier molecular flexibility index (Phi) is 6.44. The van der Waals surface area contributed by atoms with E-state index in [1.807, 2.05) is 6.92 Å². The van der Waals surface area contributed by atoms with Gasteiger partial charge in [-0.3, -0.25) is 24.0 Å². The van der Waals surface area contributed by atoms with Crippen LogP contribution in [0.15, 0.2) is 15.8 Å². The van der Waals surface area contributed by atoms with Crippen molar-refractivity contribution in [1.82, 2.24) is 9.13 Å². The molecule has 1 heterocycles. The summed E-state index contributed by atoms with van der Waals surface area (Å²) in [6.07, 6.45) is 3.83. The number of hydrogen-bond donors (Lipinski definition) is 0. The van der Waals surface area contributed by atoms with Crippen LogP contribution in [-0.2, 0) is 13.1 Å². The second-order valence-corrected chi connectivity index (χ2v) is 4.83. The van der Waals surface area contributed by atoms with Crippen LogP contribution < -0.4 is 11.2 Å². The molecule has 0 atom stereocenters. The van der Waals surface area contributed by atoms with E-state index in [0.717, 1.165) is 23.6 Å². The third-order valence-corrected chi connectivity index (χ3v) is 3.16. The molecule has 0 saturated heterocycles. The predicted octanol–water partition coefficient (Wildman–Crippen LogP) is 1.74. The number of aromatic nitrogens is 2. The van der Waals surface area contributed by atoms with Gasteiger partial charge in [0.25, 0.3) is 0 Å². The van der Waals surface area contributed by atoms with Gasteiger partial charge in [0, 0.05) is 19.0 Å². The number of nitro groups is 1. The zero-order chi connectivity index (χ0) is 15.1. The molecule has 0 aromatic carbocycles. The Hall–Kier alpha value is -1.63. The Balaban J connectivity index is 3.15. The van der Waals surface area contributed by atoms with E-state index in [1.165, 1.54) is 4.57 Å². The molecule has 1 rings (SSSR count). The second kappa shape index (κ2) is 7.84. The minimum Gasteiger partial charge on any atom is -0.293 e. The molecule has 112 valence electrons. The molecule has 20 heavy (non-hydrogen) atoms. The van der Waals surface area contributed by atoms with Gasteiger partial charge in [0.2, 0.25) is 0 Å². The molecule has 1 aromatic heterocycles. The van der Waals surface area contributed by atoms with E-state index in [4.69, 9.17) is 11.6 Å². The van der Waals surface area contributed by atoms with Crippen molar-refractivity contribution in [2.24, 2.45) is 0 Å². The molecule has 0 N–H and O–H groups in total. The van der Waals surface area contributed by atoms with Gasteiger partial charge >= 0.3 is 16.9 Å². The van der Waals surface area contributed by atoms with E-state index in [0.29, 0.717) is 25.3 Å². The summed E-state index contributed by atoms with van der Waals surface area (Å²) in [5, 5.41) is 10.9. The lowest BCUT2D eigenvalue weighted by Crippen LogP contribution is -2.40. The Morgan fingerprint density at radius 2 is 1.95 bits per heavy atom. The Morgan fingerprint density at radius 3 is 2.50 bits per heavy atom. The Bertz CT molecular complexity index is 579. The quantitative estimate of drug-likeness (QED) is 0.317. The molecule has 1 aromatic rings. The normalized spacial score (nSPS) is 10.7. The molecule has 8 heteroatoms. The van der Waals surface area contributed by atoms with Crippen molar-refractivity contribution in [3.05, 3.63) is 37.1 Å². The van der Waals surface area contributed by atoms with Crippen LogP contribution in [0.25, 0.3) is 0 Å². The average Bonchev–Trinajstić information content (AvgIpc) is 2.40. The number of halogens is 1. The van der Waals surface area contributed by atoms with Crippen molar-refractivity contribution >= 4 is 17.3 Å². The molecule has 0 saturated carbocycles. The van der Waals surface area contributed by atoms with E-state index in [-0.39, 0.29) is 6.54 Å². The molecule has 0 amide bonds. The lowest BCUT2D eigenvalue weighted by Gasteiger charge is -2.09. The van der Waals surface area contributed by atoms with E-state index in [2.05, 4.69) is 0 Å². The van der Waals surface area contributed by atoms with Gasteiger partial charge in [0.1, 0.15) is 0 Å². The van der Waals surface area contributed by atoms with Gasteiger partial charge in [0.15, 0.2) is 0 Å². The first-order valence-electron chi connectivity index (χ1n) is 6.57. The number of nitrogens with zero attached hydrogens (tertiary/aromatic N) is 3. The van der Waals surface area contributed by atoms with E-state index >= 15 is 0 Å². The molecule has 0 aliphatic carbocycles. The van der Waals surface area contributed by atoms with Gasteiger partial charge in [-0.15, -0.1) is 11.6 Å². The van der Waals surface area contributed by atoms with Crippen LogP contribution in [0.1, 0.15) is 32.6 Å². The second-order valence-electron chi connectivity index (χ2n) is 4.45. The maximum absolute atomic E-state index is 12.1. The van der Waals surface area contributed by atoms with Crippen molar-refractivity contribution < 1.29 is 4.92 Å². The summed E-state index contributed by atoms with van der Waals surface area (Å²) in [5.74, 6) is 0.518. The summed E-state index contributed by atoms with van der Waals surface area (Å²) >= 11 is 5.56. The van der Waals surface area contributed by atoms with Crippen molar-refractivity contribution in [1.29, 1.82) is 0 Å². The third-order valence-electron chi connectivity index (χ3n) is 2.90. The SMILES string of the molecule is CCCn1cc([N+](=O)[O-])c(=O)n(CCCCCCl)c1=O. The predicted molar refractivity (Wildman–Crippen MR) is 76.5 cm³/mol. The smallest absolute Gasteiger partial charge is 0.293 e. The van der Waals surface area contributed by atoms with Gasteiger partial charge in [-0.05, 0) is 19.3 Å². The fraction of sp³-hybridized carbons (Fsp3) is 0.667. The van der Waals surface area contributed by atoms with Crippen LogP contribution in [-0.4, -0.2) is 19.9 Å². The van der Waals surface area contributed by atoms with Gasteiger partial charge in [-0.25, -0.2) is 4.79 Å². The van der Waals surface area contributed by atoms with Gasteiger partial charge in [-0.2, -0.15) is 0 Å². The molecule has 0 bridgehead atoms. The number of rotatable bonds is 8. The first kappa shape index (κ1) is 16.4. The summed E-state index contributed by atoms with van der Waals surface area (Å²) in [6.45, 7) is 2.38. The van der Waals surface area contributed by atoms with Crippen LogP contribution >= 0.6 is 11.6 Å². The van der Waals surface area contributed by atoms with E-state index in [9.17, 15) is 19.7 Å². The zero-order valence-corrected chi connectivity index (χ0v) is 12.1. The van der Waals surface area contributed by atoms with Gasteiger partial charge in [0.05, 0.1) is 11.1 Å². The highest BCUT2D eigenvalue weighted by molar-refractivity contribution is 6.17. The highest BCUT2D eigenvalue weighted by Gasteiger charge is 2.19. The summed E-state index contributed by atoms with van der Waals surface area (Å²) in [6, 6.07) is 0. The van der Waals surface area contributed by atoms with Crippen LogP contribution in [0.3, 0.4) is 0 Å². The summed E-state index contributed by atoms with van der Waals surface area (Å²) in [4.78, 5) is 34.2.